The van der Waals surface area contributed by atoms with Gasteiger partial charge in [0.2, 0.25) is 0 Å². The van der Waals surface area contributed by atoms with Crippen molar-refractivity contribution in [3.63, 3.8) is 0 Å². The molecule has 354 valence electrons. The molecule has 1 aliphatic carbocycles. The minimum atomic E-state index is -5.03. The summed E-state index contributed by atoms with van der Waals surface area (Å²) in [6.07, 6.45) is 35.7. The number of rotatable bonds is 39. The zero-order valence-electron chi connectivity index (χ0n) is 37.7. The molecular formula is C48H85O12P. The van der Waals surface area contributed by atoms with E-state index in [4.69, 9.17) is 18.5 Å². The third-order valence-corrected chi connectivity index (χ3v) is 11.6. The lowest BCUT2D eigenvalue weighted by Gasteiger charge is -2.41. The second-order valence-corrected chi connectivity index (χ2v) is 17.6. The number of carbonyl (C=O) groups is 1. The normalized spacial score (nSPS) is 22.7. The van der Waals surface area contributed by atoms with Crippen LogP contribution in [-0.2, 0) is 27.9 Å². The van der Waals surface area contributed by atoms with Gasteiger partial charge in [0.1, 0.15) is 42.7 Å². The van der Waals surface area contributed by atoms with Gasteiger partial charge in [-0.1, -0.05) is 152 Å². The summed E-state index contributed by atoms with van der Waals surface area (Å²) >= 11 is 0. The van der Waals surface area contributed by atoms with E-state index in [0.717, 1.165) is 103 Å². The van der Waals surface area contributed by atoms with Crippen LogP contribution in [0, 0.1) is 0 Å². The third kappa shape index (κ3) is 30.7. The molecule has 6 N–H and O–H groups in total. The molecule has 13 heteroatoms. The monoisotopic (exact) mass is 885 g/mol. The van der Waals surface area contributed by atoms with Crippen LogP contribution in [0.25, 0.3) is 0 Å². The first kappa shape index (κ1) is 57.1. The summed E-state index contributed by atoms with van der Waals surface area (Å²) in [7, 11) is -5.03. The predicted octanol–water partition coefficient (Wildman–Crippen LogP) is 9.81. The summed E-state index contributed by atoms with van der Waals surface area (Å²) in [5.41, 5.74) is 0. The molecule has 0 aliphatic heterocycles. The van der Waals surface area contributed by atoms with Gasteiger partial charge in [-0.2, -0.15) is 0 Å². The van der Waals surface area contributed by atoms with Crippen molar-refractivity contribution in [2.75, 3.05) is 19.8 Å². The highest BCUT2D eigenvalue weighted by Gasteiger charge is 2.51. The van der Waals surface area contributed by atoms with Crippen molar-refractivity contribution in [3.8, 4) is 0 Å². The Bertz CT molecular complexity index is 1240. The highest BCUT2D eigenvalue weighted by atomic mass is 31.2. The number of allylic oxidation sites excluding steroid dienone is 10. The largest absolute Gasteiger partial charge is 0.472 e. The lowest BCUT2D eigenvalue weighted by molar-refractivity contribution is -0.220. The number of hydrogen-bond donors (Lipinski definition) is 6. The van der Waals surface area contributed by atoms with Crippen molar-refractivity contribution < 1.29 is 58.3 Å². The minimum absolute atomic E-state index is 0.0903. The van der Waals surface area contributed by atoms with E-state index in [1.54, 1.807) is 0 Å². The SMILES string of the molecule is CC/C=C\C/C=C\C/C=C\CCCCCCCCCC(=O)OC(COCCCCCCCC/C=C\C/C=C\CCCCCC)COP(=O)(O)OC1C(O)C(O)C(O)C(O)C1O. The Labute approximate surface area is 368 Å². The molecule has 61 heavy (non-hydrogen) atoms. The summed E-state index contributed by atoms with van der Waals surface area (Å²) < 4.78 is 34.2. The summed E-state index contributed by atoms with van der Waals surface area (Å²) in [6.45, 7) is 4.09. The molecule has 0 aromatic heterocycles. The van der Waals surface area contributed by atoms with Crippen LogP contribution in [0.2, 0.25) is 0 Å². The van der Waals surface area contributed by atoms with Crippen molar-refractivity contribution in [2.45, 2.75) is 217 Å². The molecule has 1 rings (SSSR count). The molecule has 0 spiro atoms. The predicted molar refractivity (Wildman–Crippen MR) is 244 cm³/mol. The molecule has 6 unspecified atom stereocenters. The van der Waals surface area contributed by atoms with Crippen LogP contribution in [-0.4, -0.2) is 98.9 Å². The molecule has 0 radical (unpaired) electrons. The first-order valence-corrected chi connectivity index (χ1v) is 25.1. The Kier molecular flexibility index (Phi) is 36.0. The van der Waals surface area contributed by atoms with E-state index < -0.39 is 63.1 Å². The van der Waals surface area contributed by atoms with E-state index in [9.17, 15) is 39.8 Å². The van der Waals surface area contributed by atoms with Crippen molar-refractivity contribution in [1.82, 2.24) is 0 Å². The summed E-state index contributed by atoms with van der Waals surface area (Å²) in [5.74, 6) is -0.493. The van der Waals surface area contributed by atoms with Crippen LogP contribution < -0.4 is 0 Å². The van der Waals surface area contributed by atoms with Crippen molar-refractivity contribution >= 4 is 13.8 Å². The average Bonchev–Trinajstić information content (AvgIpc) is 3.24. The quantitative estimate of drug-likeness (QED) is 0.0148. The highest BCUT2D eigenvalue weighted by molar-refractivity contribution is 7.47. The number of esters is 1. The highest BCUT2D eigenvalue weighted by Crippen LogP contribution is 2.47. The molecule has 1 aliphatic rings. The number of phosphoric ester groups is 1. The Morgan fingerprint density at radius 1 is 0.541 bits per heavy atom. The Morgan fingerprint density at radius 3 is 1.48 bits per heavy atom. The van der Waals surface area contributed by atoms with Crippen LogP contribution in [0.3, 0.4) is 0 Å². The Hall–Kier alpha value is -1.96. The molecule has 0 heterocycles. The van der Waals surface area contributed by atoms with E-state index in [1.165, 1.54) is 44.9 Å². The van der Waals surface area contributed by atoms with Gasteiger partial charge in [0, 0.05) is 13.0 Å². The second kappa shape index (κ2) is 38.5. The second-order valence-electron chi connectivity index (χ2n) is 16.2. The van der Waals surface area contributed by atoms with Gasteiger partial charge in [-0.3, -0.25) is 13.8 Å². The standard InChI is InChI=1S/C48H85O12P/c1-3-5-7-9-11-13-15-17-19-21-23-25-27-29-31-33-35-37-42(49)59-41(40-58-61(55,56)60-48-46(53)44(51)43(50)45(52)47(48)54)39-57-38-36-34-32-30-28-26-24-22-20-18-16-14-12-10-8-6-4-2/h5,7,11,13-14,16-17,19-20,22,41,43-48,50-54H,3-4,6,8-10,12,15,18,21,23-40H2,1-2H3,(H,55,56)/b7-5-,13-11-,16-14-,19-17-,22-20-. The molecule has 0 amide bonds. The van der Waals surface area contributed by atoms with E-state index >= 15 is 0 Å². The summed E-state index contributed by atoms with van der Waals surface area (Å²) in [6, 6.07) is 0. The fourth-order valence-electron chi connectivity index (χ4n) is 6.87. The van der Waals surface area contributed by atoms with Crippen molar-refractivity contribution in [2.24, 2.45) is 0 Å². The molecule has 0 aromatic carbocycles. The van der Waals surface area contributed by atoms with E-state index in [0.29, 0.717) is 13.0 Å². The van der Waals surface area contributed by atoms with Gasteiger partial charge in [-0.05, 0) is 77.0 Å². The Morgan fingerprint density at radius 2 is 0.967 bits per heavy atom. The average molecular weight is 885 g/mol. The maximum Gasteiger partial charge on any atom is 0.472 e. The zero-order chi connectivity index (χ0) is 44.8. The lowest BCUT2D eigenvalue weighted by atomic mass is 9.85. The first-order chi connectivity index (χ1) is 29.5. The van der Waals surface area contributed by atoms with Gasteiger partial charge in [0.25, 0.3) is 0 Å². The molecular weight excluding hydrogens is 799 g/mol. The molecule has 0 aromatic rings. The van der Waals surface area contributed by atoms with Crippen LogP contribution in [0.5, 0.6) is 0 Å². The zero-order valence-corrected chi connectivity index (χ0v) is 38.6. The fraction of sp³-hybridized carbons (Fsp3) is 0.771. The van der Waals surface area contributed by atoms with E-state index in [-0.39, 0.29) is 13.0 Å². The van der Waals surface area contributed by atoms with Crippen LogP contribution in [0.1, 0.15) is 174 Å². The summed E-state index contributed by atoms with van der Waals surface area (Å²) in [4.78, 5) is 23.2. The van der Waals surface area contributed by atoms with E-state index in [2.05, 4.69) is 74.6 Å². The van der Waals surface area contributed by atoms with Gasteiger partial charge in [-0.25, -0.2) is 4.57 Å². The van der Waals surface area contributed by atoms with Crippen molar-refractivity contribution in [3.05, 3.63) is 60.8 Å². The fourth-order valence-corrected chi connectivity index (χ4v) is 7.84. The van der Waals surface area contributed by atoms with Crippen LogP contribution >= 0.6 is 7.82 Å². The van der Waals surface area contributed by atoms with Gasteiger partial charge in [0.05, 0.1) is 13.2 Å². The maximum atomic E-state index is 12.8. The minimum Gasteiger partial charge on any atom is -0.457 e. The molecule has 6 atom stereocenters. The topological polar surface area (TPSA) is 192 Å². The molecule has 0 saturated heterocycles. The van der Waals surface area contributed by atoms with Crippen LogP contribution in [0.4, 0.5) is 0 Å². The molecule has 1 fully saturated rings. The maximum absolute atomic E-state index is 12.8. The van der Waals surface area contributed by atoms with Crippen LogP contribution in [0.15, 0.2) is 60.8 Å². The van der Waals surface area contributed by atoms with Crippen molar-refractivity contribution in [1.29, 1.82) is 0 Å². The van der Waals surface area contributed by atoms with Gasteiger partial charge < -0.3 is 39.9 Å². The Balaban J connectivity index is 2.41. The molecule has 1 saturated carbocycles. The number of unbranched alkanes of at least 4 members (excludes halogenated alkanes) is 17. The van der Waals surface area contributed by atoms with Gasteiger partial charge in [-0.15, -0.1) is 0 Å². The summed E-state index contributed by atoms with van der Waals surface area (Å²) in [5, 5.41) is 50.2. The first-order valence-electron chi connectivity index (χ1n) is 23.6. The number of phosphoric acid groups is 1. The lowest BCUT2D eigenvalue weighted by Crippen LogP contribution is -2.64. The van der Waals surface area contributed by atoms with E-state index in [1.807, 2.05) is 0 Å². The number of aliphatic hydroxyl groups excluding tert-OH is 5. The number of carbonyl (C=O) groups excluding carboxylic acids is 1. The smallest absolute Gasteiger partial charge is 0.457 e. The third-order valence-electron chi connectivity index (χ3n) is 10.6. The van der Waals surface area contributed by atoms with Gasteiger partial charge in [0.15, 0.2) is 0 Å². The molecule has 0 bridgehead atoms. The number of ether oxygens (including phenoxy) is 2. The molecule has 12 nitrogen and oxygen atoms in total. The van der Waals surface area contributed by atoms with Gasteiger partial charge >= 0.3 is 13.8 Å². The number of hydrogen-bond acceptors (Lipinski definition) is 11. The number of aliphatic hydroxyl groups is 5.